The van der Waals surface area contributed by atoms with Crippen molar-refractivity contribution in [1.82, 2.24) is 25.5 Å². The molecule has 2 N–H and O–H groups in total. The van der Waals surface area contributed by atoms with Gasteiger partial charge in [-0.2, -0.15) is 5.10 Å². The third-order valence-electron chi connectivity index (χ3n) is 4.97. The molecule has 0 radical (unpaired) electrons. The number of fused-ring (bicyclic) bond motifs is 3. The second kappa shape index (κ2) is 5.82. The van der Waals surface area contributed by atoms with Gasteiger partial charge in [0.15, 0.2) is 5.82 Å². The summed E-state index contributed by atoms with van der Waals surface area (Å²) in [6, 6.07) is 0. The van der Waals surface area contributed by atoms with E-state index in [2.05, 4.69) is 20.4 Å². The molecule has 1 fully saturated rings. The van der Waals surface area contributed by atoms with Crippen LogP contribution in [0, 0.1) is 0 Å². The molecule has 0 atom stereocenters. The van der Waals surface area contributed by atoms with E-state index in [1.807, 2.05) is 17.5 Å². The zero-order chi connectivity index (χ0) is 15.9. The molecule has 24 heavy (non-hydrogen) atoms. The molecule has 7 heteroatoms. The van der Waals surface area contributed by atoms with Crippen LogP contribution < -0.4 is 10.2 Å². The number of hydrogen-bond donors (Lipinski definition) is 2. The standard InChI is InChI=1S/C17H20N6S/c1-2-4-13-12(3-1)14-16(23-7-5-18-6-8-23)21-15(22-17(14)24-13)11-9-19-20-10-11/h9-10,18H,1-8H2,(H,19,20). The van der Waals surface area contributed by atoms with Gasteiger partial charge in [0.05, 0.1) is 17.1 Å². The first kappa shape index (κ1) is 14.4. The monoisotopic (exact) mass is 340 g/mol. The maximum atomic E-state index is 4.98. The van der Waals surface area contributed by atoms with Crippen LogP contribution >= 0.6 is 11.3 Å². The molecular weight excluding hydrogens is 320 g/mol. The number of anilines is 1. The minimum atomic E-state index is 0.781. The molecule has 0 aromatic carbocycles. The largest absolute Gasteiger partial charge is 0.353 e. The Balaban J connectivity index is 1.74. The zero-order valence-corrected chi connectivity index (χ0v) is 14.3. The average molecular weight is 340 g/mol. The normalized spacial score (nSPS) is 18.1. The summed E-state index contributed by atoms with van der Waals surface area (Å²) in [5.74, 6) is 1.90. The summed E-state index contributed by atoms with van der Waals surface area (Å²) in [7, 11) is 0. The maximum absolute atomic E-state index is 4.98. The fourth-order valence-corrected chi connectivity index (χ4v) is 5.00. The molecule has 0 saturated carbocycles. The molecule has 6 nitrogen and oxygen atoms in total. The quantitative estimate of drug-likeness (QED) is 0.749. The summed E-state index contributed by atoms with van der Waals surface area (Å²) in [6.45, 7) is 4.03. The molecule has 5 rings (SSSR count). The van der Waals surface area contributed by atoms with Crippen molar-refractivity contribution in [3.05, 3.63) is 22.8 Å². The lowest BCUT2D eigenvalue weighted by atomic mass is 9.97. The van der Waals surface area contributed by atoms with E-state index in [4.69, 9.17) is 9.97 Å². The molecule has 1 saturated heterocycles. The number of H-pyrrole nitrogens is 1. The Morgan fingerprint density at radius 3 is 2.79 bits per heavy atom. The molecule has 0 spiro atoms. The lowest BCUT2D eigenvalue weighted by Gasteiger charge is -2.29. The van der Waals surface area contributed by atoms with Crippen molar-refractivity contribution in [2.24, 2.45) is 0 Å². The lowest BCUT2D eigenvalue weighted by molar-refractivity contribution is 0.586. The van der Waals surface area contributed by atoms with Gasteiger partial charge in [-0.1, -0.05) is 0 Å². The molecule has 1 aliphatic carbocycles. The van der Waals surface area contributed by atoms with Crippen LogP contribution in [0.5, 0.6) is 0 Å². The smallest absolute Gasteiger partial charge is 0.166 e. The van der Waals surface area contributed by atoms with E-state index < -0.39 is 0 Å². The number of nitrogens with one attached hydrogen (secondary N) is 2. The summed E-state index contributed by atoms with van der Waals surface area (Å²) < 4.78 is 0. The number of thiophene rings is 1. The predicted molar refractivity (Wildman–Crippen MR) is 96.7 cm³/mol. The van der Waals surface area contributed by atoms with Crippen LogP contribution in [0.15, 0.2) is 12.4 Å². The van der Waals surface area contributed by atoms with Gasteiger partial charge in [0.1, 0.15) is 10.6 Å². The molecule has 124 valence electrons. The van der Waals surface area contributed by atoms with Crippen LogP contribution in [0.3, 0.4) is 0 Å². The molecule has 0 unspecified atom stereocenters. The van der Waals surface area contributed by atoms with Crippen LogP contribution in [0.2, 0.25) is 0 Å². The third kappa shape index (κ3) is 2.31. The maximum Gasteiger partial charge on any atom is 0.166 e. The fraction of sp³-hybridized carbons (Fsp3) is 0.471. The van der Waals surface area contributed by atoms with Crippen LogP contribution in [0.1, 0.15) is 23.3 Å². The van der Waals surface area contributed by atoms with Crippen molar-refractivity contribution >= 4 is 27.4 Å². The van der Waals surface area contributed by atoms with Gasteiger partial charge >= 0.3 is 0 Å². The third-order valence-corrected chi connectivity index (χ3v) is 6.15. The predicted octanol–water partition coefficient (Wildman–Crippen LogP) is 2.37. The second-order valence-corrected chi connectivity index (χ2v) is 7.57. The summed E-state index contributed by atoms with van der Waals surface area (Å²) in [5, 5.41) is 11.7. The molecule has 4 heterocycles. The van der Waals surface area contributed by atoms with Crippen molar-refractivity contribution in [3.63, 3.8) is 0 Å². The van der Waals surface area contributed by atoms with Gasteiger partial charge in [-0.05, 0) is 31.2 Å². The average Bonchev–Trinajstić information content (AvgIpc) is 3.29. The van der Waals surface area contributed by atoms with E-state index >= 15 is 0 Å². The van der Waals surface area contributed by atoms with Crippen molar-refractivity contribution in [2.45, 2.75) is 25.7 Å². The van der Waals surface area contributed by atoms with Crippen LogP contribution in [-0.2, 0) is 12.8 Å². The van der Waals surface area contributed by atoms with Gasteiger partial charge < -0.3 is 10.2 Å². The van der Waals surface area contributed by atoms with Crippen LogP contribution in [0.4, 0.5) is 5.82 Å². The van der Waals surface area contributed by atoms with E-state index in [-0.39, 0.29) is 0 Å². The zero-order valence-electron chi connectivity index (χ0n) is 13.5. The number of aryl methyl sites for hydroxylation is 2. The van der Waals surface area contributed by atoms with Gasteiger partial charge in [-0.3, -0.25) is 5.10 Å². The minimum absolute atomic E-state index is 0.781. The Labute approximate surface area is 144 Å². The van der Waals surface area contributed by atoms with Gasteiger partial charge in [0.25, 0.3) is 0 Å². The highest BCUT2D eigenvalue weighted by atomic mass is 32.1. The molecule has 3 aromatic heterocycles. The highest BCUT2D eigenvalue weighted by Crippen LogP contribution is 2.40. The van der Waals surface area contributed by atoms with Crippen molar-refractivity contribution in [2.75, 3.05) is 31.1 Å². The van der Waals surface area contributed by atoms with E-state index in [1.165, 1.54) is 41.5 Å². The number of aromatic nitrogens is 4. The number of piperazine rings is 1. The number of rotatable bonds is 2. The van der Waals surface area contributed by atoms with Gasteiger partial charge in [0, 0.05) is 37.3 Å². The first-order valence-electron chi connectivity index (χ1n) is 8.67. The molecular formula is C17H20N6S. The van der Waals surface area contributed by atoms with E-state index in [0.717, 1.165) is 48.2 Å². The highest BCUT2D eigenvalue weighted by molar-refractivity contribution is 7.19. The number of nitrogens with zero attached hydrogens (tertiary/aromatic N) is 4. The van der Waals surface area contributed by atoms with Gasteiger partial charge in [-0.25, -0.2) is 9.97 Å². The van der Waals surface area contributed by atoms with Crippen molar-refractivity contribution < 1.29 is 0 Å². The molecule has 0 amide bonds. The number of hydrogen-bond acceptors (Lipinski definition) is 6. The fourth-order valence-electron chi connectivity index (χ4n) is 3.75. The topological polar surface area (TPSA) is 69.7 Å². The van der Waals surface area contributed by atoms with E-state index in [0.29, 0.717) is 0 Å². The molecule has 1 aliphatic heterocycles. The first-order chi connectivity index (χ1) is 11.9. The Hall–Kier alpha value is -1.99. The van der Waals surface area contributed by atoms with Crippen molar-refractivity contribution in [1.29, 1.82) is 0 Å². The van der Waals surface area contributed by atoms with E-state index in [9.17, 15) is 0 Å². The molecule has 0 bridgehead atoms. The first-order valence-corrected chi connectivity index (χ1v) is 9.49. The van der Waals surface area contributed by atoms with E-state index in [1.54, 1.807) is 6.20 Å². The molecule has 3 aromatic rings. The summed E-state index contributed by atoms with van der Waals surface area (Å²) in [4.78, 5) is 14.9. The SMILES string of the molecule is c1n[nH]cc1-c1nc(N2CCNCC2)c2c3c(sc2n1)CCCC3. The van der Waals surface area contributed by atoms with Gasteiger partial charge in [-0.15, -0.1) is 11.3 Å². The highest BCUT2D eigenvalue weighted by Gasteiger charge is 2.25. The number of aromatic amines is 1. The Bertz CT molecular complexity index is 863. The Kier molecular flexibility index (Phi) is 3.48. The minimum Gasteiger partial charge on any atom is -0.353 e. The summed E-state index contributed by atoms with van der Waals surface area (Å²) in [5.41, 5.74) is 2.47. The molecule has 2 aliphatic rings. The lowest BCUT2D eigenvalue weighted by Crippen LogP contribution is -2.44. The Morgan fingerprint density at radius 1 is 1.08 bits per heavy atom. The summed E-state index contributed by atoms with van der Waals surface area (Å²) >= 11 is 1.87. The van der Waals surface area contributed by atoms with Crippen LogP contribution in [0.25, 0.3) is 21.6 Å². The van der Waals surface area contributed by atoms with Crippen molar-refractivity contribution in [3.8, 4) is 11.4 Å². The van der Waals surface area contributed by atoms with Crippen LogP contribution in [-0.4, -0.2) is 46.3 Å². The Morgan fingerprint density at radius 2 is 1.96 bits per heavy atom. The second-order valence-electron chi connectivity index (χ2n) is 6.49. The van der Waals surface area contributed by atoms with Gasteiger partial charge in [0.2, 0.25) is 0 Å². The summed E-state index contributed by atoms with van der Waals surface area (Å²) in [6.07, 6.45) is 8.61.